The van der Waals surface area contributed by atoms with Crippen molar-refractivity contribution in [1.82, 2.24) is 4.72 Å². The van der Waals surface area contributed by atoms with Gasteiger partial charge in [-0.05, 0) is 6.42 Å². The molecule has 0 bridgehead atoms. The van der Waals surface area contributed by atoms with Gasteiger partial charge in [-0.2, -0.15) is 5.26 Å². The van der Waals surface area contributed by atoms with E-state index in [0.29, 0.717) is 17.8 Å². The molecule has 1 aromatic rings. The summed E-state index contributed by atoms with van der Waals surface area (Å²) < 4.78 is 25.3. The van der Waals surface area contributed by atoms with Crippen LogP contribution in [0.15, 0.2) is 10.3 Å². The van der Waals surface area contributed by atoms with E-state index in [9.17, 15) is 18.5 Å². The first-order valence-corrected chi connectivity index (χ1v) is 7.36. The van der Waals surface area contributed by atoms with Crippen molar-refractivity contribution >= 4 is 38.6 Å². The molecule has 0 fully saturated rings. The molecule has 10 heteroatoms. The minimum Gasteiger partial charge on any atom is -0.258 e. The Labute approximate surface area is 112 Å². The molecule has 0 unspecified atom stereocenters. The third kappa shape index (κ3) is 3.64. The van der Waals surface area contributed by atoms with Crippen LogP contribution in [0.4, 0.5) is 5.69 Å². The van der Waals surface area contributed by atoms with Crippen LogP contribution in [-0.4, -0.2) is 19.9 Å². The fourth-order valence-corrected chi connectivity index (χ4v) is 3.82. The number of thiophene rings is 1. The monoisotopic (exact) mass is 309 g/mol. The van der Waals surface area contributed by atoms with Crippen LogP contribution < -0.4 is 4.72 Å². The summed E-state index contributed by atoms with van der Waals surface area (Å²) in [5.41, 5.74) is -0.431. The number of nitro groups is 1. The van der Waals surface area contributed by atoms with Gasteiger partial charge < -0.3 is 0 Å². The molecule has 0 atom stereocenters. The lowest BCUT2D eigenvalue weighted by Gasteiger charge is -2.01. The van der Waals surface area contributed by atoms with Crippen molar-refractivity contribution in [2.75, 3.05) is 6.54 Å². The van der Waals surface area contributed by atoms with E-state index in [2.05, 4.69) is 4.72 Å². The Morgan fingerprint density at radius 1 is 1.61 bits per heavy atom. The van der Waals surface area contributed by atoms with E-state index in [1.165, 1.54) is 0 Å². The number of nitrogens with one attached hydrogen (secondary N) is 1. The zero-order valence-electron chi connectivity index (χ0n) is 8.92. The fourth-order valence-electron chi connectivity index (χ4n) is 1.04. The number of rotatable bonds is 6. The molecule has 98 valence electrons. The van der Waals surface area contributed by atoms with Crippen molar-refractivity contribution in [2.45, 2.75) is 17.1 Å². The molecule has 1 rings (SSSR count). The number of hydrogen-bond acceptors (Lipinski definition) is 6. The molecule has 1 N–H and O–H groups in total. The number of halogens is 1. The Bertz CT molecular complexity index is 590. The van der Waals surface area contributed by atoms with Gasteiger partial charge in [0, 0.05) is 19.0 Å². The molecule has 18 heavy (non-hydrogen) atoms. The van der Waals surface area contributed by atoms with Gasteiger partial charge in [-0.1, -0.05) is 11.6 Å². The van der Waals surface area contributed by atoms with Crippen molar-refractivity contribution < 1.29 is 13.3 Å². The molecule has 0 saturated carbocycles. The van der Waals surface area contributed by atoms with E-state index >= 15 is 0 Å². The SMILES string of the molecule is N#CCCCNS(=O)(=O)c1cc([N+](=O)[O-])c(Cl)s1. The largest absolute Gasteiger partial charge is 0.300 e. The van der Waals surface area contributed by atoms with Crippen molar-refractivity contribution in [3.05, 3.63) is 20.5 Å². The number of nitriles is 1. The van der Waals surface area contributed by atoms with E-state index in [0.717, 1.165) is 6.07 Å². The maximum Gasteiger partial charge on any atom is 0.300 e. The molecular weight excluding hydrogens is 302 g/mol. The molecule has 7 nitrogen and oxygen atoms in total. The summed E-state index contributed by atoms with van der Waals surface area (Å²) in [5, 5.41) is 18.8. The van der Waals surface area contributed by atoms with Gasteiger partial charge in [0.1, 0.15) is 4.21 Å². The predicted molar refractivity (Wildman–Crippen MR) is 66.0 cm³/mol. The molecule has 0 aromatic carbocycles. The molecule has 0 aliphatic rings. The van der Waals surface area contributed by atoms with Gasteiger partial charge >= 0.3 is 0 Å². The van der Waals surface area contributed by atoms with E-state index < -0.39 is 20.6 Å². The lowest BCUT2D eigenvalue weighted by molar-refractivity contribution is -0.384. The summed E-state index contributed by atoms with van der Waals surface area (Å²) in [6, 6.07) is 2.80. The van der Waals surface area contributed by atoms with Gasteiger partial charge in [-0.15, -0.1) is 11.3 Å². The first kappa shape index (κ1) is 14.8. The summed E-state index contributed by atoms with van der Waals surface area (Å²) in [7, 11) is -3.81. The highest BCUT2D eigenvalue weighted by molar-refractivity contribution is 7.91. The van der Waals surface area contributed by atoms with Crippen LogP contribution in [0.5, 0.6) is 0 Å². The lowest BCUT2D eigenvalue weighted by Crippen LogP contribution is -2.23. The Morgan fingerprint density at radius 2 is 2.28 bits per heavy atom. The Morgan fingerprint density at radius 3 is 2.78 bits per heavy atom. The Hall–Kier alpha value is -1.21. The van der Waals surface area contributed by atoms with Crippen molar-refractivity contribution in [3.63, 3.8) is 0 Å². The highest BCUT2D eigenvalue weighted by Crippen LogP contribution is 2.35. The second-order valence-electron chi connectivity index (χ2n) is 3.14. The zero-order valence-corrected chi connectivity index (χ0v) is 11.3. The first-order valence-electron chi connectivity index (χ1n) is 4.69. The second-order valence-corrected chi connectivity index (χ2v) is 6.79. The first-order chi connectivity index (χ1) is 8.38. The molecular formula is C8H8ClN3O4S2. The lowest BCUT2D eigenvalue weighted by atomic mass is 10.3. The van der Waals surface area contributed by atoms with E-state index in [4.69, 9.17) is 16.9 Å². The van der Waals surface area contributed by atoms with Gasteiger partial charge in [0.2, 0.25) is 10.0 Å². The smallest absolute Gasteiger partial charge is 0.258 e. The molecule has 1 heterocycles. The number of sulfonamides is 1. The summed E-state index contributed by atoms with van der Waals surface area (Å²) in [6.07, 6.45) is 0.602. The summed E-state index contributed by atoms with van der Waals surface area (Å²) >= 11 is 6.19. The van der Waals surface area contributed by atoms with Crippen LogP contribution in [0.2, 0.25) is 4.34 Å². The summed E-state index contributed by atoms with van der Waals surface area (Å²) in [6.45, 7) is 0.0964. The quantitative estimate of drug-likeness (QED) is 0.489. The van der Waals surface area contributed by atoms with Crippen LogP contribution in [0.3, 0.4) is 0 Å². The third-order valence-corrected chi connectivity index (χ3v) is 5.14. The number of nitrogens with zero attached hydrogens (tertiary/aromatic N) is 2. The molecule has 0 amide bonds. The van der Waals surface area contributed by atoms with E-state index in [1.54, 1.807) is 0 Å². The van der Waals surface area contributed by atoms with Crippen molar-refractivity contribution in [2.24, 2.45) is 0 Å². The standard InChI is InChI=1S/C8H8ClN3O4S2/c9-8-6(12(13)14)5-7(17-8)18(15,16)11-4-2-1-3-10/h5,11H,1-2,4H2. The molecule has 0 aliphatic carbocycles. The molecule has 0 radical (unpaired) electrons. The maximum absolute atomic E-state index is 11.7. The van der Waals surface area contributed by atoms with Gasteiger partial charge in [0.25, 0.3) is 5.69 Å². The second kappa shape index (κ2) is 6.10. The average Bonchev–Trinajstić information content (AvgIpc) is 2.68. The summed E-state index contributed by atoms with van der Waals surface area (Å²) in [5.74, 6) is 0. The van der Waals surface area contributed by atoms with Crippen LogP contribution >= 0.6 is 22.9 Å². The van der Waals surface area contributed by atoms with Gasteiger partial charge in [-0.3, -0.25) is 10.1 Å². The number of hydrogen-bond donors (Lipinski definition) is 1. The molecule has 1 aromatic heterocycles. The molecule has 0 aliphatic heterocycles. The number of unbranched alkanes of at least 4 members (excludes halogenated alkanes) is 1. The van der Waals surface area contributed by atoms with Gasteiger partial charge in [0.15, 0.2) is 4.34 Å². The minimum atomic E-state index is -3.81. The van der Waals surface area contributed by atoms with Gasteiger partial charge in [0.05, 0.1) is 11.0 Å². The van der Waals surface area contributed by atoms with E-state index in [-0.39, 0.29) is 21.5 Å². The fraction of sp³-hybridized carbons (Fsp3) is 0.375. The van der Waals surface area contributed by atoms with Gasteiger partial charge in [-0.25, -0.2) is 13.1 Å². The summed E-state index contributed by atoms with van der Waals surface area (Å²) in [4.78, 5) is 9.80. The topological polar surface area (TPSA) is 113 Å². The zero-order chi connectivity index (χ0) is 13.8. The Balaban J connectivity index is 2.83. The highest BCUT2D eigenvalue weighted by Gasteiger charge is 2.24. The Kier molecular flexibility index (Phi) is 5.03. The third-order valence-electron chi connectivity index (χ3n) is 1.87. The normalized spacial score (nSPS) is 11.1. The molecule has 0 saturated heterocycles. The van der Waals surface area contributed by atoms with Crippen LogP contribution in [0.25, 0.3) is 0 Å². The van der Waals surface area contributed by atoms with Crippen molar-refractivity contribution in [1.29, 1.82) is 5.26 Å². The van der Waals surface area contributed by atoms with Crippen LogP contribution in [0.1, 0.15) is 12.8 Å². The highest BCUT2D eigenvalue weighted by atomic mass is 35.5. The van der Waals surface area contributed by atoms with Crippen LogP contribution in [-0.2, 0) is 10.0 Å². The maximum atomic E-state index is 11.7. The predicted octanol–water partition coefficient (Wildman–Crippen LogP) is 1.89. The van der Waals surface area contributed by atoms with Crippen LogP contribution in [0, 0.1) is 21.4 Å². The molecule has 0 spiro atoms. The average molecular weight is 310 g/mol. The van der Waals surface area contributed by atoms with E-state index in [1.807, 2.05) is 6.07 Å². The van der Waals surface area contributed by atoms with Crippen molar-refractivity contribution in [3.8, 4) is 6.07 Å². The minimum absolute atomic E-state index is 0.0964.